The van der Waals surface area contributed by atoms with Crippen LogP contribution in [0.5, 0.6) is 0 Å². The number of carbonyl (C=O) groups excluding carboxylic acids is 2. The first-order valence-corrected chi connectivity index (χ1v) is 6.62. The number of hydrogen-bond donors (Lipinski definition) is 0. The van der Waals surface area contributed by atoms with Gasteiger partial charge >= 0.3 is 0 Å². The summed E-state index contributed by atoms with van der Waals surface area (Å²) in [7, 11) is 0. The van der Waals surface area contributed by atoms with E-state index in [4.69, 9.17) is 0 Å². The molecule has 0 aromatic rings. The molecule has 0 saturated carbocycles. The number of Topliss-reactive ketones (excluding diaryl/α,β-unsaturated/α-hetero) is 2. The molecule has 0 saturated heterocycles. The predicted octanol–water partition coefficient (Wildman–Crippen LogP) is 3.52. The molecule has 0 bridgehead atoms. The Morgan fingerprint density at radius 3 is 2.47 bits per heavy atom. The van der Waals surface area contributed by atoms with Gasteiger partial charge in [-0.25, -0.2) is 0 Å². The Kier molecular flexibility index (Phi) is 3.93. The highest BCUT2D eigenvalue weighted by molar-refractivity contribution is 5.98. The largest absolute Gasteiger partial charge is 0.295 e. The van der Waals surface area contributed by atoms with Crippen molar-refractivity contribution in [1.82, 2.24) is 0 Å². The van der Waals surface area contributed by atoms with Crippen LogP contribution in [0.15, 0.2) is 22.8 Å². The summed E-state index contributed by atoms with van der Waals surface area (Å²) in [6.45, 7) is 2.06. The van der Waals surface area contributed by atoms with Crippen molar-refractivity contribution in [3.8, 4) is 0 Å². The van der Waals surface area contributed by atoms with E-state index >= 15 is 0 Å². The van der Waals surface area contributed by atoms with Gasteiger partial charge in [0.25, 0.3) is 0 Å². The van der Waals surface area contributed by atoms with Crippen molar-refractivity contribution in [2.45, 2.75) is 58.3 Å². The average molecular weight is 232 g/mol. The summed E-state index contributed by atoms with van der Waals surface area (Å²) in [6.07, 6.45) is 9.03. The van der Waals surface area contributed by atoms with E-state index in [2.05, 4.69) is 13.0 Å². The maximum atomic E-state index is 11.8. The van der Waals surface area contributed by atoms with Gasteiger partial charge in [0.05, 0.1) is 0 Å². The molecule has 2 aliphatic rings. The van der Waals surface area contributed by atoms with Crippen LogP contribution in [-0.4, -0.2) is 11.6 Å². The topological polar surface area (TPSA) is 34.1 Å². The molecule has 17 heavy (non-hydrogen) atoms. The molecule has 0 spiro atoms. The summed E-state index contributed by atoms with van der Waals surface area (Å²) < 4.78 is 0. The first kappa shape index (κ1) is 12.3. The van der Waals surface area contributed by atoms with Gasteiger partial charge in [-0.2, -0.15) is 0 Å². The fourth-order valence-corrected chi connectivity index (χ4v) is 2.72. The summed E-state index contributed by atoms with van der Waals surface area (Å²) in [5.41, 5.74) is 3.19. The minimum atomic E-state index is 0.290. The van der Waals surface area contributed by atoms with E-state index in [9.17, 15) is 9.59 Å². The molecule has 2 rings (SSSR count). The van der Waals surface area contributed by atoms with E-state index in [0.717, 1.165) is 49.7 Å². The summed E-state index contributed by atoms with van der Waals surface area (Å²) in [5, 5.41) is 0. The van der Waals surface area contributed by atoms with Crippen molar-refractivity contribution in [2.24, 2.45) is 0 Å². The van der Waals surface area contributed by atoms with E-state index < -0.39 is 0 Å². The van der Waals surface area contributed by atoms with Crippen LogP contribution in [0.3, 0.4) is 0 Å². The van der Waals surface area contributed by atoms with Crippen LogP contribution in [0.1, 0.15) is 58.3 Å². The van der Waals surface area contributed by atoms with Crippen molar-refractivity contribution in [3.63, 3.8) is 0 Å². The Morgan fingerprint density at radius 2 is 1.76 bits per heavy atom. The number of rotatable bonds is 3. The van der Waals surface area contributed by atoms with E-state index in [0.29, 0.717) is 18.6 Å². The average Bonchev–Trinajstić information content (AvgIpc) is 2.30. The van der Waals surface area contributed by atoms with Crippen molar-refractivity contribution in [3.05, 3.63) is 22.8 Å². The zero-order chi connectivity index (χ0) is 12.3. The van der Waals surface area contributed by atoms with E-state index in [1.807, 2.05) is 0 Å². The monoisotopic (exact) mass is 232 g/mol. The number of hydrogen-bond acceptors (Lipinski definition) is 2. The Labute approximate surface area is 103 Å². The zero-order valence-electron chi connectivity index (χ0n) is 10.6. The quantitative estimate of drug-likeness (QED) is 0.746. The van der Waals surface area contributed by atoms with Gasteiger partial charge in [0.1, 0.15) is 0 Å². The van der Waals surface area contributed by atoms with Crippen molar-refractivity contribution >= 4 is 11.6 Å². The van der Waals surface area contributed by atoms with E-state index in [1.54, 1.807) is 0 Å². The second-order valence-electron chi connectivity index (χ2n) is 5.08. The third-order valence-electron chi connectivity index (χ3n) is 3.81. The molecule has 0 fully saturated rings. The van der Waals surface area contributed by atoms with E-state index in [-0.39, 0.29) is 5.78 Å². The first-order valence-electron chi connectivity index (χ1n) is 6.62. The minimum Gasteiger partial charge on any atom is -0.295 e. The van der Waals surface area contributed by atoms with E-state index in [1.165, 1.54) is 5.57 Å². The lowest BCUT2D eigenvalue weighted by Gasteiger charge is -2.18. The van der Waals surface area contributed by atoms with Gasteiger partial charge in [-0.3, -0.25) is 9.59 Å². The molecule has 0 amide bonds. The maximum Gasteiger partial charge on any atom is 0.158 e. The highest BCUT2D eigenvalue weighted by Gasteiger charge is 2.20. The Bertz CT molecular complexity index is 399. The summed E-state index contributed by atoms with van der Waals surface area (Å²) >= 11 is 0. The predicted molar refractivity (Wildman–Crippen MR) is 67.7 cm³/mol. The highest BCUT2D eigenvalue weighted by Crippen LogP contribution is 2.27. The van der Waals surface area contributed by atoms with Crippen LogP contribution in [0.4, 0.5) is 0 Å². The molecule has 0 N–H and O–H groups in total. The maximum absolute atomic E-state index is 11.8. The number of allylic oxidation sites excluding steroid dienone is 4. The van der Waals surface area contributed by atoms with Gasteiger partial charge in [-0.05, 0) is 56.6 Å². The Balaban J connectivity index is 2.00. The molecule has 2 nitrogen and oxygen atoms in total. The van der Waals surface area contributed by atoms with Crippen LogP contribution in [0.25, 0.3) is 0 Å². The summed E-state index contributed by atoms with van der Waals surface area (Å²) in [4.78, 5) is 23.5. The third-order valence-corrected chi connectivity index (χ3v) is 3.81. The smallest absolute Gasteiger partial charge is 0.158 e. The fourth-order valence-electron chi connectivity index (χ4n) is 2.72. The summed E-state index contributed by atoms with van der Waals surface area (Å²) in [6, 6.07) is 0. The van der Waals surface area contributed by atoms with Gasteiger partial charge in [-0.15, -0.1) is 0 Å². The molecule has 0 heterocycles. The van der Waals surface area contributed by atoms with Crippen LogP contribution in [0.2, 0.25) is 0 Å². The highest BCUT2D eigenvalue weighted by atomic mass is 16.1. The van der Waals surface area contributed by atoms with Gasteiger partial charge < -0.3 is 0 Å². The molecule has 0 radical (unpaired) electrons. The molecule has 0 atom stereocenters. The molecule has 0 unspecified atom stereocenters. The molecule has 0 aromatic carbocycles. The van der Waals surface area contributed by atoms with Gasteiger partial charge in [0.2, 0.25) is 0 Å². The van der Waals surface area contributed by atoms with Crippen molar-refractivity contribution in [2.75, 3.05) is 0 Å². The molecule has 0 aromatic heterocycles. The van der Waals surface area contributed by atoms with Crippen molar-refractivity contribution < 1.29 is 9.59 Å². The van der Waals surface area contributed by atoms with Crippen LogP contribution in [-0.2, 0) is 9.59 Å². The lowest BCUT2D eigenvalue weighted by molar-refractivity contribution is -0.117. The molecule has 92 valence electrons. The van der Waals surface area contributed by atoms with Crippen LogP contribution in [0, 0.1) is 0 Å². The summed E-state index contributed by atoms with van der Waals surface area (Å²) in [5.74, 6) is 0.593. The lowest BCUT2D eigenvalue weighted by atomic mass is 9.86. The first-order chi connectivity index (χ1) is 8.18. The standard InChI is InChI=1S/C15H20O2/c1-11-5-4-8-15(17)13(11)10-9-12-6-2-3-7-14(12)16/h6H,2-5,7-10H2,1H3. The minimum absolute atomic E-state index is 0.290. The van der Waals surface area contributed by atoms with Crippen LogP contribution >= 0.6 is 0 Å². The molecule has 2 aliphatic carbocycles. The lowest BCUT2D eigenvalue weighted by Crippen LogP contribution is -2.13. The molecule has 2 heteroatoms. The molecular formula is C15H20O2. The van der Waals surface area contributed by atoms with Gasteiger partial charge in [0, 0.05) is 12.8 Å². The Morgan fingerprint density at radius 1 is 1.00 bits per heavy atom. The second-order valence-corrected chi connectivity index (χ2v) is 5.08. The third kappa shape index (κ3) is 2.93. The normalized spacial score (nSPS) is 21.8. The van der Waals surface area contributed by atoms with Crippen molar-refractivity contribution in [1.29, 1.82) is 0 Å². The van der Waals surface area contributed by atoms with Gasteiger partial charge in [0.15, 0.2) is 11.6 Å². The Hall–Kier alpha value is -1.18. The zero-order valence-corrected chi connectivity index (χ0v) is 10.6. The SMILES string of the molecule is CC1=C(CCC2=CCCCC2=O)C(=O)CCC1. The fraction of sp³-hybridized carbons (Fsp3) is 0.600. The number of ketones is 2. The van der Waals surface area contributed by atoms with Crippen LogP contribution < -0.4 is 0 Å². The molecule has 0 aliphatic heterocycles. The van der Waals surface area contributed by atoms with Gasteiger partial charge in [-0.1, -0.05) is 11.6 Å². The second kappa shape index (κ2) is 5.44. The molecular weight excluding hydrogens is 212 g/mol. The number of carbonyl (C=O) groups is 2.